The van der Waals surface area contributed by atoms with Crippen LogP contribution in [0.5, 0.6) is 11.5 Å². The van der Waals surface area contributed by atoms with E-state index in [0.29, 0.717) is 19.3 Å². The SMILES string of the molecule is Cc1c(Cl)c(CN2CCCC2c2ccc3c(c2)OCCO3)nc2ccccc12. The molecule has 0 saturated carbocycles. The van der Waals surface area contributed by atoms with Crippen molar-refractivity contribution in [2.75, 3.05) is 19.8 Å². The number of fused-ring (bicyclic) bond motifs is 2. The highest BCUT2D eigenvalue weighted by molar-refractivity contribution is 6.32. The predicted octanol–water partition coefficient (Wildman–Crippen LogP) is 5.30. The summed E-state index contributed by atoms with van der Waals surface area (Å²) in [6, 6.07) is 14.9. The highest BCUT2D eigenvalue weighted by Crippen LogP contribution is 2.39. The highest BCUT2D eigenvalue weighted by Gasteiger charge is 2.28. The number of rotatable bonds is 3. The van der Waals surface area contributed by atoms with Gasteiger partial charge in [-0.15, -0.1) is 0 Å². The summed E-state index contributed by atoms with van der Waals surface area (Å²) in [5, 5.41) is 1.91. The molecule has 0 radical (unpaired) electrons. The van der Waals surface area contributed by atoms with Crippen LogP contribution in [-0.4, -0.2) is 29.6 Å². The first-order valence-corrected chi connectivity index (χ1v) is 10.3. The molecule has 0 spiro atoms. The molecule has 1 fully saturated rings. The number of hydrogen-bond donors (Lipinski definition) is 0. The third-order valence-corrected chi connectivity index (χ3v) is 6.32. The van der Waals surface area contributed by atoms with E-state index >= 15 is 0 Å². The number of halogens is 1. The smallest absolute Gasteiger partial charge is 0.161 e. The number of pyridine rings is 1. The molecule has 0 N–H and O–H groups in total. The zero-order chi connectivity index (χ0) is 19.1. The van der Waals surface area contributed by atoms with Gasteiger partial charge in [-0.2, -0.15) is 0 Å². The minimum atomic E-state index is 0.348. The van der Waals surface area contributed by atoms with Gasteiger partial charge < -0.3 is 9.47 Å². The Morgan fingerprint density at radius 1 is 1.11 bits per heavy atom. The number of nitrogens with zero attached hydrogens (tertiary/aromatic N) is 2. The number of aromatic nitrogens is 1. The number of ether oxygens (including phenoxy) is 2. The van der Waals surface area contributed by atoms with Gasteiger partial charge in [-0.25, -0.2) is 4.98 Å². The van der Waals surface area contributed by atoms with Gasteiger partial charge in [0.1, 0.15) is 13.2 Å². The molecule has 5 heteroatoms. The predicted molar refractivity (Wildman–Crippen MR) is 111 cm³/mol. The Morgan fingerprint density at radius 3 is 2.82 bits per heavy atom. The van der Waals surface area contributed by atoms with E-state index in [9.17, 15) is 0 Å². The summed E-state index contributed by atoms with van der Waals surface area (Å²) in [6.07, 6.45) is 2.30. The third-order valence-electron chi connectivity index (χ3n) is 5.81. The first-order valence-electron chi connectivity index (χ1n) is 9.88. The first-order chi connectivity index (χ1) is 13.7. The molecule has 0 aliphatic carbocycles. The lowest BCUT2D eigenvalue weighted by Gasteiger charge is -2.27. The van der Waals surface area contributed by atoms with Gasteiger partial charge in [0.2, 0.25) is 0 Å². The molecule has 144 valence electrons. The van der Waals surface area contributed by atoms with Crippen LogP contribution in [0.3, 0.4) is 0 Å². The van der Waals surface area contributed by atoms with Crippen LogP contribution in [0.15, 0.2) is 42.5 Å². The summed E-state index contributed by atoms with van der Waals surface area (Å²) < 4.78 is 11.5. The molecular weight excluding hydrogens is 372 g/mol. The molecule has 1 aromatic heterocycles. The largest absolute Gasteiger partial charge is 0.486 e. The Morgan fingerprint density at radius 2 is 1.93 bits per heavy atom. The Balaban J connectivity index is 1.45. The third kappa shape index (κ3) is 3.11. The van der Waals surface area contributed by atoms with Crippen LogP contribution in [-0.2, 0) is 6.54 Å². The number of para-hydroxylation sites is 1. The van der Waals surface area contributed by atoms with Crippen molar-refractivity contribution in [2.24, 2.45) is 0 Å². The normalized spacial score (nSPS) is 19.3. The maximum atomic E-state index is 6.71. The second-order valence-electron chi connectivity index (χ2n) is 7.55. The highest BCUT2D eigenvalue weighted by atomic mass is 35.5. The lowest BCUT2D eigenvalue weighted by Crippen LogP contribution is -2.24. The zero-order valence-electron chi connectivity index (χ0n) is 16.0. The molecule has 2 aliphatic rings. The van der Waals surface area contributed by atoms with E-state index in [1.54, 1.807) is 0 Å². The van der Waals surface area contributed by atoms with E-state index < -0.39 is 0 Å². The maximum absolute atomic E-state index is 6.71. The van der Waals surface area contributed by atoms with E-state index in [2.05, 4.69) is 36.1 Å². The molecule has 2 aliphatic heterocycles. The molecule has 0 bridgehead atoms. The average Bonchev–Trinajstić information content (AvgIpc) is 3.19. The number of likely N-dealkylation sites (tertiary alicyclic amines) is 1. The van der Waals surface area contributed by atoms with Gasteiger partial charge in [0.15, 0.2) is 11.5 Å². The van der Waals surface area contributed by atoms with Crippen LogP contribution >= 0.6 is 11.6 Å². The summed E-state index contributed by atoms with van der Waals surface area (Å²) in [5.74, 6) is 1.70. The van der Waals surface area contributed by atoms with Gasteiger partial charge >= 0.3 is 0 Å². The average molecular weight is 395 g/mol. The molecule has 5 rings (SSSR count). The summed E-state index contributed by atoms with van der Waals surface area (Å²) in [5.41, 5.74) is 4.35. The second kappa shape index (κ2) is 7.26. The Hall–Kier alpha value is -2.30. The van der Waals surface area contributed by atoms with Crippen molar-refractivity contribution < 1.29 is 9.47 Å². The van der Waals surface area contributed by atoms with Gasteiger partial charge in [0.05, 0.1) is 16.2 Å². The molecule has 0 amide bonds. The van der Waals surface area contributed by atoms with Crippen LogP contribution < -0.4 is 9.47 Å². The molecular formula is C23H23ClN2O2. The van der Waals surface area contributed by atoms with Gasteiger partial charge in [-0.3, -0.25) is 4.90 Å². The molecule has 1 unspecified atom stereocenters. The van der Waals surface area contributed by atoms with Crippen molar-refractivity contribution in [3.05, 3.63) is 64.3 Å². The van der Waals surface area contributed by atoms with Gasteiger partial charge in [0, 0.05) is 18.0 Å². The van der Waals surface area contributed by atoms with Crippen molar-refractivity contribution in [3.63, 3.8) is 0 Å². The van der Waals surface area contributed by atoms with Crippen LogP contribution in [0.4, 0.5) is 0 Å². The van der Waals surface area contributed by atoms with Crippen molar-refractivity contribution in [2.45, 2.75) is 32.4 Å². The maximum Gasteiger partial charge on any atom is 0.161 e. The Bertz CT molecular complexity index is 1040. The fraction of sp³-hybridized carbons (Fsp3) is 0.348. The van der Waals surface area contributed by atoms with Crippen molar-refractivity contribution in [1.29, 1.82) is 0 Å². The lowest BCUT2D eigenvalue weighted by molar-refractivity contribution is 0.170. The monoisotopic (exact) mass is 394 g/mol. The Kier molecular flexibility index (Phi) is 4.61. The summed E-state index contributed by atoms with van der Waals surface area (Å²) in [4.78, 5) is 7.36. The number of aryl methyl sites for hydroxylation is 1. The van der Waals surface area contributed by atoms with E-state index in [1.165, 1.54) is 12.0 Å². The van der Waals surface area contributed by atoms with E-state index in [0.717, 1.165) is 58.2 Å². The molecule has 1 atom stereocenters. The number of benzene rings is 2. The second-order valence-corrected chi connectivity index (χ2v) is 7.92. The topological polar surface area (TPSA) is 34.6 Å². The van der Waals surface area contributed by atoms with Gasteiger partial charge in [0.25, 0.3) is 0 Å². The summed E-state index contributed by atoms with van der Waals surface area (Å²) in [7, 11) is 0. The summed E-state index contributed by atoms with van der Waals surface area (Å²) >= 11 is 6.71. The van der Waals surface area contributed by atoms with Crippen LogP contribution in [0, 0.1) is 6.92 Å². The standard InChI is InChI=1S/C23H23ClN2O2/c1-15-17-5-2-3-6-18(17)25-19(23(15)24)14-26-10-4-7-20(26)16-8-9-21-22(13-16)28-12-11-27-21/h2-3,5-6,8-9,13,20H,4,7,10-12,14H2,1H3. The minimum Gasteiger partial charge on any atom is -0.486 e. The van der Waals surface area contributed by atoms with Crippen LogP contribution in [0.25, 0.3) is 10.9 Å². The van der Waals surface area contributed by atoms with Crippen LogP contribution in [0.2, 0.25) is 5.02 Å². The summed E-state index contributed by atoms with van der Waals surface area (Å²) in [6.45, 7) is 5.11. The van der Waals surface area contributed by atoms with E-state index in [1.807, 2.05) is 18.2 Å². The number of hydrogen-bond acceptors (Lipinski definition) is 4. The van der Waals surface area contributed by atoms with Gasteiger partial charge in [-0.1, -0.05) is 35.9 Å². The zero-order valence-corrected chi connectivity index (χ0v) is 16.7. The van der Waals surface area contributed by atoms with E-state index in [4.69, 9.17) is 26.1 Å². The van der Waals surface area contributed by atoms with Gasteiger partial charge in [-0.05, 0) is 55.6 Å². The first kappa shape index (κ1) is 17.8. The van der Waals surface area contributed by atoms with Crippen molar-refractivity contribution in [3.8, 4) is 11.5 Å². The van der Waals surface area contributed by atoms with Crippen molar-refractivity contribution >= 4 is 22.5 Å². The Labute approximate surface area is 170 Å². The molecule has 4 nitrogen and oxygen atoms in total. The van der Waals surface area contributed by atoms with Crippen molar-refractivity contribution in [1.82, 2.24) is 9.88 Å². The molecule has 1 saturated heterocycles. The van der Waals surface area contributed by atoms with E-state index in [-0.39, 0.29) is 0 Å². The molecule has 3 heterocycles. The molecule has 28 heavy (non-hydrogen) atoms. The molecule has 3 aromatic rings. The quantitative estimate of drug-likeness (QED) is 0.603. The van der Waals surface area contributed by atoms with Crippen LogP contribution in [0.1, 0.15) is 35.7 Å². The lowest BCUT2D eigenvalue weighted by atomic mass is 10.0. The fourth-order valence-electron chi connectivity index (χ4n) is 4.37. The fourth-order valence-corrected chi connectivity index (χ4v) is 4.58. The minimum absolute atomic E-state index is 0.348. The molecule has 2 aromatic carbocycles.